The minimum absolute atomic E-state index is 0.0156. The van der Waals surface area contributed by atoms with Crippen molar-refractivity contribution in [2.75, 3.05) is 11.5 Å². The number of rotatable bonds is 7. The van der Waals surface area contributed by atoms with Gasteiger partial charge in [0.1, 0.15) is 22.2 Å². The van der Waals surface area contributed by atoms with Crippen LogP contribution in [-0.4, -0.2) is 31.1 Å². The molecule has 3 aromatic rings. The molecule has 156 valence electrons. The summed E-state index contributed by atoms with van der Waals surface area (Å²) in [5.74, 6) is 0.759. The van der Waals surface area contributed by atoms with Crippen molar-refractivity contribution in [2.24, 2.45) is 5.92 Å². The lowest BCUT2D eigenvalue weighted by Gasteiger charge is -2.14. The van der Waals surface area contributed by atoms with Gasteiger partial charge in [-0.25, -0.2) is 14.8 Å². The Labute approximate surface area is 176 Å². The van der Waals surface area contributed by atoms with Crippen molar-refractivity contribution in [2.45, 2.75) is 44.2 Å². The summed E-state index contributed by atoms with van der Waals surface area (Å²) in [4.78, 5) is 48.8. The van der Waals surface area contributed by atoms with Crippen molar-refractivity contribution in [3.63, 3.8) is 0 Å². The number of carbonyl (C=O) groups is 1. The molecule has 0 aliphatic heterocycles. The molecular formula is C21H23N5O3S. The molecule has 0 saturated heterocycles. The number of nitrogens with two attached hydrogens (primary N) is 1. The molecule has 2 heterocycles. The minimum atomic E-state index is -0.755. The zero-order valence-electron chi connectivity index (χ0n) is 16.8. The molecule has 0 atom stereocenters. The maximum atomic E-state index is 12.9. The molecule has 0 amide bonds. The molecule has 1 saturated carbocycles. The van der Waals surface area contributed by atoms with Crippen LogP contribution in [0.1, 0.15) is 48.8 Å². The van der Waals surface area contributed by atoms with Crippen molar-refractivity contribution < 1.29 is 4.79 Å². The number of para-hydroxylation sites is 1. The zero-order valence-corrected chi connectivity index (χ0v) is 17.7. The van der Waals surface area contributed by atoms with E-state index in [0.29, 0.717) is 17.5 Å². The number of H-pyrrole nitrogens is 1. The molecule has 0 spiro atoms. The van der Waals surface area contributed by atoms with Gasteiger partial charge in [-0.15, -0.1) is 0 Å². The molecule has 30 heavy (non-hydrogen) atoms. The van der Waals surface area contributed by atoms with Crippen molar-refractivity contribution in [3.8, 4) is 0 Å². The number of ketones is 1. The van der Waals surface area contributed by atoms with Gasteiger partial charge in [0.05, 0.1) is 11.3 Å². The second kappa shape index (κ2) is 8.06. The molecule has 0 unspecified atom stereocenters. The van der Waals surface area contributed by atoms with Crippen LogP contribution in [0.3, 0.4) is 0 Å². The van der Waals surface area contributed by atoms with Crippen LogP contribution in [-0.2, 0) is 6.54 Å². The van der Waals surface area contributed by atoms with Crippen LogP contribution in [0.5, 0.6) is 0 Å². The SMILES string of the molecule is CC(C)Cn1c(N)c(C(=O)CSc2nc(C3CC3)nc3ccccc23)c(=O)[nH]c1=O. The molecule has 9 heteroatoms. The van der Waals surface area contributed by atoms with Crippen molar-refractivity contribution in [1.29, 1.82) is 0 Å². The van der Waals surface area contributed by atoms with Gasteiger partial charge < -0.3 is 5.73 Å². The summed E-state index contributed by atoms with van der Waals surface area (Å²) in [5, 5.41) is 1.58. The number of carbonyl (C=O) groups excluding carboxylic acids is 1. The summed E-state index contributed by atoms with van der Waals surface area (Å²) in [6.45, 7) is 4.16. The first-order valence-corrected chi connectivity index (χ1v) is 10.9. The molecule has 0 bridgehead atoms. The number of nitrogen functional groups attached to an aromatic ring is 1. The number of hydrogen-bond donors (Lipinski definition) is 2. The first kappa shape index (κ1) is 20.3. The van der Waals surface area contributed by atoms with E-state index >= 15 is 0 Å². The fourth-order valence-electron chi connectivity index (χ4n) is 3.31. The number of aromatic amines is 1. The Bertz CT molecular complexity index is 1240. The van der Waals surface area contributed by atoms with E-state index in [1.165, 1.54) is 16.3 Å². The Balaban J connectivity index is 1.65. The molecule has 8 nitrogen and oxygen atoms in total. The van der Waals surface area contributed by atoms with Crippen LogP contribution in [0.2, 0.25) is 0 Å². The van der Waals surface area contributed by atoms with Gasteiger partial charge in [-0.1, -0.05) is 43.8 Å². The van der Waals surface area contributed by atoms with Crippen LogP contribution < -0.4 is 17.0 Å². The maximum Gasteiger partial charge on any atom is 0.329 e. The van der Waals surface area contributed by atoms with E-state index < -0.39 is 17.0 Å². The lowest BCUT2D eigenvalue weighted by molar-refractivity contribution is 0.102. The zero-order chi connectivity index (χ0) is 21.4. The van der Waals surface area contributed by atoms with Gasteiger partial charge in [0.25, 0.3) is 5.56 Å². The van der Waals surface area contributed by atoms with E-state index in [1.807, 2.05) is 38.1 Å². The highest BCUT2D eigenvalue weighted by Crippen LogP contribution is 2.39. The number of anilines is 1. The maximum absolute atomic E-state index is 12.9. The Morgan fingerprint density at radius 3 is 2.70 bits per heavy atom. The van der Waals surface area contributed by atoms with E-state index in [-0.39, 0.29) is 23.1 Å². The molecule has 1 aliphatic carbocycles. The summed E-state index contributed by atoms with van der Waals surface area (Å²) in [5.41, 5.74) is 5.36. The Hall–Kier alpha value is -2.94. The van der Waals surface area contributed by atoms with Crippen LogP contribution in [0.4, 0.5) is 5.82 Å². The minimum Gasteiger partial charge on any atom is -0.384 e. The predicted molar refractivity (Wildman–Crippen MR) is 117 cm³/mol. The summed E-state index contributed by atoms with van der Waals surface area (Å²) in [7, 11) is 0. The molecule has 3 N–H and O–H groups in total. The van der Waals surface area contributed by atoms with Gasteiger partial charge in [-0.2, -0.15) is 0 Å². The highest BCUT2D eigenvalue weighted by atomic mass is 32.2. The number of nitrogens with zero attached hydrogens (tertiary/aromatic N) is 3. The summed E-state index contributed by atoms with van der Waals surface area (Å²) in [6.07, 6.45) is 2.15. The van der Waals surface area contributed by atoms with Crippen LogP contribution in [0.25, 0.3) is 10.9 Å². The molecule has 1 aromatic carbocycles. The van der Waals surface area contributed by atoms with E-state index in [9.17, 15) is 14.4 Å². The second-order valence-corrected chi connectivity index (χ2v) is 8.88. The Morgan fingerprint density at radius 1 is 1.27 bits per heavy atom. The molecule has 4 rings (SSSR count). The number of hydrogen-bond acceptors (Lipinski definition) is 7. The van der Waals surface area contributed by atoms with Crippen molar-refractivity contribution >= 4 is 34.3 Å². The fraction of sp³-hybridized carbons (Fsp3) is 0.381. The number of thioether (sulfide) groups is 1. The number of Topliss-reactive ketones (excluding diaryl/α,β-unsaturated/α-hetero) is 1. The summed E-state index contributed by atoms with van der Waals surface area (Å²) < 4.78 is 1.25. The lowest BCUT2D eigenvalue weighted by Crippen LogP contribution is -2.37. The van der Waals surface area contributed by atoms with Crippen LogP contribution in [0.15, 0.2) is 38.9 Å². The van der Waals surface area contributed by atoms with Gasteiger partial charge in [0.2, 0.25) is 0 Å². The summed E-state index contributed by atoms with van der Waals surface area (Å²) in [6, 6.07) is 7.67. The number of aromatic nitrogens is 4. The molecule has 2 aromatic heterocycles. The Kier molecular flexibility index (Phi) is 5.46. The van der Waals surface area contributed by atoms with Crippen LogP contribution >= 0.6 is 11.8 Å². The lowest BCUT2D eigenvalue weighted by atomic mass is 10.2. The highest BCUT2D eigenvalue weighted by molar-refractivity contribution is 8.00. The van der Waals surface area contributed by atoms with Crippen molar-refractivity contribution in [1.82, 2.24) is 19.5 Å². The fourth-order valence-corrected chi connectivity index (χ4v) is 4.21. The molecular weight excluding hydrogens is 402 g/mol. The molecule has 1 fully saturated rings. The number of nitrogens with one attached hydrogen (secondary N) is 1. The van der Waals surface area contributed by atoms with Gasteiger partial charge >= 0.3 is 5.69 Å². The van der Waals surface area contributed by atoms with E-state index in [1.54, 1.807) is 0 Å². The van der Waals surface area contributed by atoms with E-state index in [0.717, 1.165) is 29.6 Å². The quantitative estimate of drug-likeness (QED) is 0.339. The third kappa shape index (κ3) is 4.02. The Morgan fingerprint density at radius 2 is 2.00 bits per heavy atom. The summed E-state index contributed by atoms with van der Waals surface area (Å²) >= 11 is 1.26. The van der Waals surface area contributed by atoms with Gasteiger partial charge in [-0.3, -0.25) is 19.1 Å². The molecule has 1 aliphatic rings. The number of benzene rings is 1. The van der Waals surface area contributed by atoms with Crippen LogP contribution in [0, 0.1) is 5.92 Å². The molecule has 0 radical (unpaired) electrons. The average Bonchev–Trinajstić information content (AvgIpc) is 3.54. The average molecular weight is 426 g/mol. The predicted octanol–water partition coefficient (Wildman–Crippen LogP) is 2.57. The monoisotopic (exact) mass is 425 g/mol. The normalized spacial score (nSPS) is 13.8. The first-order valence-electron chi connectivity index (χ1n) is 9.90. The third-order valence-corrected chi connectivity index (χ3v) is 5.93. The van der Waals surface area contributed by atoms with Gasteiger partial charge in [0, 0.05) is 17.8 Å². The standard InChI is InChI=1S/C21H23N5O3S/c1-11(2)9-26-17(22)16(19(28)25-21(26)29)15(27)10-30-20-13-5-3-4-6-14(13)23-18(24-20)12-7-8-12/h3-6,11-12H,7-10,22H2,1-2H3,(H,25,28,29). The van der Waals surface area contributed by atoms with Gasteiger partial charge in [-0.05, 0) is 24.8 Å². The largest absolute Gasteiger partial charge is 0.384 e. The second-order valence-electron chi connectivity index (χ2n) is 7.91. The topological polar surface area (TPSA) is 124 Å². The third-order valence-electron chi connectivity index (χ3n) is 4.93. The first-order chi connectivity index (χ1) is 14.3. The van der Waals surface area contributed by atoms with E-state index in [2.05, 4.69) is 15.0 Å². The smallest absolute Gasteiger partial charge is 0.329 e. The van der Waals surface area contributed by atoms with E-state index in [4.69, 9.17) is 5.73 Å². The van der Waals surface area contributed by atoms with Gasteiger partial charge in [0.15, 0.2) is 5.78 Å². The number of fused-ring (bicyclic) bond motifs is 1. The highest BCUT2D eigenvalue weighted by Gasteiger charge is 2.28. The van der Waals surface area contributed by atoms with Crippen molar-refractivity contribution in [3.05, 3.63) is 56.5 Å².